The maximum Gasteiger partial charge on any atom is 0.0862 e. The number of rotatable bonds is 2. The number of hydrogen-bond acceptors (Lipinski definition) is 1. The van der Waals surface area contributed by atoms with E-state index < -0.39 is 0 Å². The van der Waals surface area contributed by atoms with Gasteiger partial charge in [-0.05, 0) is 17.9 Å². The van der Waals surface area contributed by atoms with Gasteiger partial charge in [0.2, 0.25) is 0 Å². The lowest BCUT2D eigenvalue weighted by atomic mass is 9.83. The van der Waals surface area contributed by atoms with Crippen molar-refractivity contribution >= 4 is 0 Å². The Bertz CT molecular complexity index is 353. The second-order valence-corrected chi connectivity index (χ2v) is 4.95. The molecule has 0 bridgehead atoms. The lowest BCUT2D eigenvalue weighted by molar-refractivity contribution is -0.00143. The summed E-state index contributed by atoms with van der Waals surface area (Å²) in [5.41, 5.74) is 2.61. The highest BCUT2D eigenvalue weighted by Crippen LogP contribution is 2.36. The van der Waals surface area contributed by atoms with Gasteiger partial charge in [0, 0.05) is 5.92 Å². The zero-order valence-electron chi connectivity index (χ0n) is 10.1. The van der Waals surface area contributed by atoms with Crippen LogP contribution < -0.4 is 0 Å². The van der Waals surface area contributed by atoms with Crippen molar-refractivity contribution in [2.45, 2.75) is 26.4 Å². The molecule has 1 aromatic carbocycles. The number of ether oxygens (including phenoxy) is 1. The average molecular weight is 216 g/mol. The summed E-state index contributed by atoms with van der Waals surface area (Å²) in [5, 5.41) is 0. The molecule has 1 saturated heterocycles. The molecule has 16 heavy (non-hydrogen) atoms. The van der Waals surface area contributed by atoms with E-state index in [-0.39, 0.29) is 6.10 Å². The lowest BCUT2D eigenvalue weighted by Gasteiger charge is -2.33. The van der Waals surface area contributed by atoms with Crippen LogP contribution in [-0.2, 0) is 4.74 Å². The summed E-state index contributed by atoms with van der Waals surface area (Å²) < 4.78 is 5.95. The van der Waals surface area contributed by atoms with E-state index in [1.807, 2.05) is 6.07 Å². The molecule has 0 amide bonds. The van der Waals surface area contributed by atoms with Gasteiger partial charge in [0.25, 0.3) is 0 Å². The molecule has 1 heterocycles. The molecule has 1 aliphatic rings. The molecule has 1 nitrogen and oxygen atoms in total. The fraction of sp³-hybridized carbons (Fsp3) is 0.467. The van der Waals surface area contributed by atoms with Crippen LogP contribution in [0.1, 0.15) is 31.9 Å². The molecule has 1 aromatic rings. The molecule has 0 saturated carbocycles. The molecule has 0 radical (unpaired) electrons. The van der Waals surface area contributed by atoms with Crippen molar-refractivity contribution in [3.63, 3.8) is 0 Å². The first kappa shape index (κ1) is 11.4. The molecule has 1 fully saturated rings. The first-order valence-electron chi connectivity index (χ1n) is 6.02. The first-order chi connectivity index (χ1) is 7.68. The summed E-state index contributed by atoms with van der Waals surface area (Å²) in [6.45, 7) is 9.50. The summed E-state index contributed by atoms with van der Waals surface area (Å²) in [6.07, 6.45) is 1.18. The highest BCUT2D eigenvalue weighted by Gasteiger charge is 2.27. The molecule has 1 aliphatic heterocycles. The van der Waals surface area contributed by atoms with Gasteiger partial charge in [-0.15, -0.1) is 0 Å². The van der Waals surface area contributed by atoms with E-state index in [4.69, 9.17) is 4.74 Å². The average Bonchev–Trinajstić information content (AvgIpc) is 2.29. The van der Waals surface area contributed by atoms with E-state index >= 15 is 0 Å². The zero-order chi connectivity index (χ0) is 11.5. The molecule has 2 rings (SSSR count). The van der Waals surface area contributed by atoms with Gasteiger partial charge in [-0.2, -0.15) is 0 Å². The van der Waals surface area contributed by atoms with Gasteiger partial charge < -0.3 is 4.74 Å². The van der Waals surface area contributed by atoms with Crippen LogP contribution in [0.15, 0.2) is 42.5 Å². The summed E-state index contributed by atoms with van der Waals surface area (Å²) in [5.74, 6) is 1.16. The second kappa shape index (κ2) is 4.84. The van der Waals surface area contributed by atoms with Crippen LogP contribution >= 0.6 is 0 Å². The quantitative estimate of drug-likeness (QED) is 0.679. The number of hydrogen-bond donors (Lipinski definition) is 0. The molecule has 0 spiro atoms. The molecule has 0 unspecified atom stereocenters. The van der Waals surface area contributed by atoms with E-state index in [0.717, 1.165) is 13.0 Å². The van der Waals surface area contributed by atoms with Crippen molar-refractivity contribution in [3.05, 3.63) is 48.0 Å². The van der Waals surface area contributed by atoms with Crippen LogP contribution in [0.5, 0.6) is 0 Å². The van der Waals surface area contributed by atoms with Crippen molar-refractivity contribution in [2.75, 3.05) is 6.61 Å². The molecule has 0 N–H and O–H groups in total. The van der Waals surface area contributed by atoms with Gasteiger partial charge in [0.1, 0.15) is 0 Å². The highest BCUT2D eigenvalue weighted by molar-refractivity contribution is 5.21. The minimum absolute atomic E-state index is 0.212. The Labute approximate surface area is 98.1 Å². The summed E-state index contributed by atoms with van der Waals surface area (Å²) in [4.78, 5) is 0. The van der Waals surface area contributed by atoms with Crippen LogP contribution in [0.4, 0.5) is 0 Å². The predicted octanol–water partition coefficient (Wildman–Crippen LogP) is 3.98. The molecule has 86 valence electrons. The Kier molecular flexibility index (Phi) is 3.45. The standard InChI is InChI=1S/C15H20O/c1-11(2)14-10-16-15(9-12(14)3)13-7-5-4-6-8-13/h4-8,11,14-15H,3,9-10H2,1-2H3/t14-,15-/m1/s1. The Balaban J connectivity index is 2.06. The molecule has 0 aromatic heterocycles. The maximum absolute atomic E-state index is 5.95. The van der Waals surface area contributed by atoms with E-state index in [0.29, 0.717) is 11.8 Å². The normalized spacial score (nSPS) is 26.1. The smallest absolute Gasteiger partial charge is 0.0862 e. The Hall–Kier alpha value is -1.08. The van der Waals surface area contributed by atoms with E-state index in [1.165, 1.54) is 11.1 Å². The second-order valence-electron chi connectivity index (χ2n) is 4.95. The fourth-order valence-electron chi connectivity index (χ4n) is 2.33. The van der Waals surface area contributed by atoms with Crippen molar-refractivity contribution in [3.8, 4) is 0 Å². The van der Waals surface area contributed by atoms with Crippen molar-refractivity contribution < 1.29 is 4.74 Å². The Morgan fingerprint density at radius 2 is 1.94 bits per heavy atom. The minimum atomic E-state index is 0.212. The van der Waals surface area contributed by atoms with Gasteiger partial charge in [0.05, 0.1) is 12.7 Å². The topological polar surface area (TPSA) is 9.23 Å². The molecule has 0 aliphatic carbocycles. The Morgan fingerprint density at radius 3 is 2.50 bits per heavy atom. The molecular formula is C15H20O. The third-order valence-corrected chi connectivity index (χ3v) is 3.43. The van der Waals surface area contributed by atoms with Crippen LogP contribution in [0.25, 0.3) is 0 Å². The van der Waals surface area contributed by atoms with Crippen molar-refractivity contribution in [1.82, 2.24) is 0 Å². The SMILES string of the molecule is C=C1C[C@H](c2ccccc2)OC[C@@H]1C(C)C. The summed E-state index contributed by atoms with van der Waals surface area (Å²) in [6, 6.07) is 10.4. The predicted molar refractivity (Wildman–Crippen MR) is 67.2 cm³/mol. The number of benzene rings is 1. The zero-order valence-corrected chi connectivity index (χ0v) is 10.1. The highest BCUT2D eigenvalue weighted by atomic mass is 16.5. The van der Waals surface area contributed by atoms with E-state index in [2.05, 4.69) is 44.7 Å². The van der Waals surface area contributed by atoms with Gasteiger partial charge in [-0.3, -0.25) is 0 Å². The third kappa shape index (κ3) is 2.35. The van der Waals surface area contributed by atoms with Crippen LogP contribution in [0, 0.1) is 11.8 Å². The van der Waals surface area contributed by atoms with Crippen LogP contribution in [-0.4, -0.2) is 6.61 Å². The van der Waals surface area contributed by atoms with Gasteiger partial charge in [-0.1, -0.05) is 56.3 Å². The van der Waals surface area contributed by atoms with Crippen molar-refractivity contribution in [2.24, 2.45) is 11.8 Å². The van der Waals surface area contributed by atoms with Gasteiger partial charge >= 0.3 is 0 Å². The largest absolute Gasteiger partial charge is 0.373 e. The molecular weight excluding hydrogens is 196 g/mol. The summed E-state index contributed by atoms with van der Waals surface area (Å²) in [7, 11) is 0. The van der Waals surface area contributed by atoms with Crippen LogP contribution in [0.3, 0.4) is 0 Å². The minimum Gasteiger partial charge on any atom is -0.373 e. The molecule has 1 heteroatoms. The van der Waals surface area contributed by atoms with Crippen molar-refractivity contribution in [1.29, 1.82) is 0 Å². The van der Waals surface area contributed by atoms with Gasteiger partial charge in [-0.25, -0.2) is 0 Å². The fourth-order valence-corrected chi connectivity index (χ4v) is 2.33. The summed E-state index contributed by atoms with van der Waals surface area (Å²) >= 11 is 0. The lowest BCUT2D eigenvalue weighted by Crippen LogP contribution is -2.26. The van der Waals surface area contributed by atoms with E-state index in [9.17, 15) is 0 Å². The molecule has 2 atom stereocenters. The van der Waals surface area contributed by atoms with E-state index in [1.54, 1.807) is 0 Å². The third-order valence-electron chi connectivity index (χ3n) is 3.43. The van der Waals surface area contributed by atoms with Crippen LogP contribution in [0.2, 0.25) is 0 Å². The Morgan fingerprint density at radius 1 is 1.25 bits per heavy atom. The first-order valence-corrected chi connectivity index (χ1v) is 6.02. The monoisotopic (exact) mass is 216 g/mol. The van der Waals surface area contributed by atoms with Gasteiger partial charge in [0.15, 0.2) is 0 Å². The maximum atomic E-state index is 5.95.